The summed E-state index contributed by atoms with van der Waals surface area (Å²) in [6.45, 7) is -0.0851. The van der Waals surface area contributed by atoms with Crippen molar-refractivity contribution in [3.8, 4) is 5.75 Å². The summed E-state index contributed by atoms with van der Waals surface area (Å²) in [5.41, 5.74) is 10.4. The summed E-state index contributed by atoms with van der Waals surface area (Å²) in [6, 6.07) is 15.0. The number of nitrogens with two attached hydrogens (primary N) is 1. The van der Waals surface area contributed by atoms with Gasteiger partial charge in [0.25, 0.3) is 5.91 Å². The molecule has 29 heavy (non-hydrogen) atoms. The third-order valence-electron chi connectivity index (χ3n) is 4.24. The van der Waals surface area contributed by atoms with Gasteiger partial charge in [0.05, 0.1) is 6.21 Å². The first kappa shape index (κ1) is 19.9. The molecule has 0 unspecified atom stereocenters. The van der Waals surface area contributed by atoms with E-state index >= 15 is 0 Å². The van der Waals surface area contributed by atoms with Crippen molar-refractivity contribution in [1.29, 1.82) is 0 Å². The SMILES string of the molecule is CN(C)c1cccc(OCC(=O)NN=Cc2cn(CC(N)=O)c3ccccc23)c1. The number of aromatic nitrogens is 1. The Hall–Kier alpha value is -3.81. The zero-order chi connectivity index (χ0) is 20.8. The van der Waals surface area contributed by atoms with E-state index in [-0.39, 0.29) is 19.1 Å². The van der Waals surface area contributed by atoms with Crippen LogP contribution in [0.5, 0.6) is 5.75 Å². The highest BCUT2D eigenvalue weighted by Crippen LogP contribution is 2.20. The summed E-state index contributed by atoms with van der Waals surface area (Å²) in [7, 11) is 3.86. The van der Waals surface area contributed by atoms with E-state index in [1.54, 1.807) is 16.8 Å². The highest BCUT2D eigenvalue weighted by molar-refractivity contribution is 6.00. The topological polar surface area (TPSA) is 102 Å². The van der Waals surface area contributed by atoms with Crippen LogP contribution in [0.3, 0.4) is 0 Å². The van der Waals surface area contributed by atoms with Crippen molar-refractivity contribution in [2.24, 2.45) is 10.8 Å². The normalized spacial score (nSPS) is 11.0. The third-order valence-corrected chi connectivity index (χ3v) is 4.24. The van der Waals surface area contributed by atoms with Crippen molar-refractivity contribution in [2.75, 3.05) is 25.6 Å². The lowest BCUT2D eigenvalue weighted by atomic mass is 10.2. The second kappa shape index (κ2) is 8.92. The Morgan fingerprint density at radius 2 is 2.00 bits per heavy atom. The molecule has 3 aromatic rings. The van der Waals surface area contributed by atoms with Crippen LogP contribution in [0.2, 0.25) is 0 Å². The van der Waals surface area contributed by atoms with Gasteiger partial charge >= 0.3 is 0 Å². The first-order valence-electron chi connectivity index (χ1n) is 9.02. The molecule has 0 aliphatic carbocycles. The quantitative estimate of drug-likeness (QED) is 0.449. The van der Waals surface area contributed by atoms with Crippen LogP contribution in [-0.4, -0.2) is 43.3 Å². The number of hydrogen-bond donors (Lipinski definition) is 2. The molecule has 0 fully saturated rings. The smallest absolute Gasteiger partial charge is 0.277 e. The van der Waals surface area contributed by atoms with Gasteiger partial charge in [0, 0.05) is 48.5 Å². The Morgan fingerprint density at radius 3 is 2.76 bits per heavy atom. The zero-order valence-corrected chi connectivity index (χ0v) is 16.3. The highest BCUT2D eigenvalue weighted by atomic mass is 16.5. The number of amides is 2. The van der Waals surface area contributed by atoms with Gasteiger partial charge in [-0.25, -0.2) is 5.43 Å². The minimum atomic E-state index is -0.432. The van der Waals surface area contributed by atoms with Crippen LogP contribution in [0.25, 0.3) is 10.9 Å². The monoisotopic (exact) mass is 393 g/mol. The van der Waals surface area contributed by atoms with E-state index in [0.29, 0.717) is 5.75 Å². The molecule has 0 saturated heterocycles. The van der Waals surface area contributed by atoms with Crippen molar-refractivity contribution < 1.29 is 14.3 Å². The number of benzene rings is 2. The number of hydrogen-bond acceptors (Lipinski definition) is 5. The number of nitrogens with zero attached hydrogens (tertiary/aromatic N) is 3. The largest absolute Gasteiger partial charge is 0.484 e. The molecule has 0 bridgehead atoms. The van der Waals surface area contributed by atoms with E-state index in [2.05, 4.69) is 10.5 Å². The number of hydrazone groups is 1. The Balaban J connectivity index is 1.62. The van der Waals surface area contributed by atoms with Gasteiger partial charge in [0.1, 0.15) is 12.3 Å². The summed E-state index contributed by atoms with van der Waals surface area (Å²) in [5.74, 6) is -0.208. The number of ether oxygens (including phenoxy) is 1. The molecule has 3 N–H and O–H groups in total. The van der Waals surface area contributed by atoms with Crippen LogP contribution in [0.1, 0.15) is 5.56 Å². The van der Waals surface area contributed by atoms with Crippen LogP contribution in [0.15, 0.2) is 59.8 Å². The van der Waals surface area contributed by atoms with Gasteiger partial charge in [-0.05, 0) is 18.2 Å². The van der Waals surface area contributed by atoms with Gasteiger partial charge in [-0.15, -0.1) is 0 Å². The molecular formula is C21H23N5O3. The molecule has 8 nitrogen and oxygen atoms in total. The van der Waals surface area contributed by atoms with Crippen LogP contribution in [-0.2, 0) is 16.1 Å². The summed E-state index contributed by atoms with van der Waals surface area (Å²) >= 11 is 0. The number of rotatable bonds is 8. The summed E-state index contributed by atoms with van der Waals surface area (Å²) in [5, 5.41) is 4.91. The van der Waals surface area contributed by atoms with E-state index in [1.807, 2.05) is 61.5 Å². The van der Waals surface area contributed by atoms with Crippen molar-refractivity contribution in [1.82, 2.24) is 9.99 Å². The number of anilines is 1. The summed E-state index contributed by atoms with van der Waals surface area (Å²) in [4.78, 5) is 25.2. The van der Waals surface area contributed by atoms with Crippen LogP contribution in [0, 0.1) is 0 Å². The summed E-state index contributed by atoms with van der Waals surface area (Å²) < 4.78 is 7.26. The molecule has 2 amide bonds. The Bertz CT molecular complexity index is 1060. The second-order valence-electron chi connectivity index (χ2n) is 6.67. The number of primary amides is 1. The van der Waals surface area contributed by atoms with Crippen molar-refractivity contribution in [3.63, 3.8) is 0 Å². The Morgan fingerprint density at radius 1 is 1.21 bits per heavy atom. The van der Waals surface area contributed by atoms with Crippen LogP contribution in [0.4, 0.5) is 5.69 Å². The van der Waals surface area contributed by atoms with E-state index in [1.165, 1.54) is 6.21 Å². The van der Waals surface area contributed by atoms with Gasteiger partial charge in [0.15, 0.2) is 6.61 Å². The molecule has 2 aromatic carbocycles. The number of para-hydroxylation sites is 1. The number of nitrogens with one attached hydrogen (secondary N) is 1. The third kappa shape index (κ3) is 5.13. The molecule has 8 heteroatoms. The molecule has 0 spiro atoms. The molecule has 0 atom stereocenters. The van der Waals surface area contributed by atoms with Crippen molar-refractivity contribution >= 4 is 34.6 Å². The van der Waals surface area contributed by atoms with Gasteiger partial charge in [0.2, 0.25) is 5.91 Å². The lowest BCUT2D eigenvalue weighted by Crippen LogP contribution is -2.24. The predicted octanol–water partition coefficient (Wildman–Crippen LogP) is 1.72. The minimum absolute atomic E-state index is 0.0700. The predicted molar refractivity (Wildman–Crippen MR) is 113 cm³/mol. The number of carbonyl (C=O) groups is 2. The van der Waals surface area contributed by atoms with E-state index in [0.717, 1.165) is 22.2 Å². The van der Waals surface area contributed by atoms with Gasteiger partial charge in [-0.2, -0.15) is 5.10 Å². The van der Waals surface area contributed by atoms with Gasteiger partial charge in [-0.1, -0.05) is 24.3 Å². The number of fused-ring (bicyclic) bond motifs is 1. The van der Waals surface area contributed by atoms with Crippen molar-refractivity contribution in [2.45, 2.75) is 6.54 Å². The van der Waals surface area contributed by atoms with Crippen molar-refractivity contribution in [3.05, 3.63) is 60.3 Å². The van der Waals surface area contributed by atoms with Gasteiger partial charge in [-0.3, -0.25) is 9.59 Å². The summed E-state index contributed by atoms with van der Waals surface area (Å²) in [6.07, 6.45) is 3.30. The van der Waals surface area contributed by atoms with Crippen LogP contribution >= 0.6 is 0 Å². The average Bonchev–Trinajstić information content (AvgIpc) is 3.04. The first-order chi connectivity index (χ1) is 13.9. The Kier molecular flexibility index (Phi) is 6.13. The fraction of sp³-hybridized carbons (Fsp3) is 0.190. The van der Waals surface area contributed by atoms with E-state index < -0.39 is 5.91 Å². The first-order valence-corrected chi connectivity index (χ1v) is 9.02. The maximum atomic E-state index is 12.0. The lowest BCUT2D eigenvalue weighted by molar-refractivity contribution is -0.123. The molecule has 0 aliphatic heterocycles. The Labute approximate surface area is 168 Å². The molecule has 0 aliphatic rings. The molecule has 3 rings (SSSR count). The maximum Gasteiger partial charge on any atom is 0.277 e. The molecule has 150 valence electrons. The maximum absolute atomic E-state index is 12.0. The molecular weight excluding hydrogens is 370 g/mol. The molecule has 1 heterocycles. The zero-order valence-electron chi connectivity index (χ0n) is 16.3. The average molecular weight is 393 g/mol. The standard InChI is InChI=1S/C21H23N5O3/c1-25(2)16-6-5-7-17(10-16)29-14-21(28)24-23-11-15-12-26(13-20(22)27)19-9-4-3-8-18(15)19/h3-12H,13-14H2,1-2H3,(H2,22,27)(H,24,28). The fourth-order valence-electron chi connectivity index (χ4n) is 2.88. The lowest BCUT2D eigenvalue weighted by Gasteiger charge is -2.13. The molecule has 0 saturated carbocycles. The fourth-order valence-corrected chi connectivity index (χ4v) is 2.88. The van der Waals surface area contributed by atoms with Gasteiger partial charge < -0.3 is 19.9 Å². The van der Waals surface area contributed by atoms with E-state index in [9.17, 15) is 9.59 Å². The minimum Gasteiger partial charge on any atom is -0.484 e. The molecule has 1 aromatic heterocycles. The second-order valence-corrected chi connectivity index (χ2v) is 6.67. The highest BCUT2D eigenvalue weighted by Gasteiger charge is 2.08. The van der Waals surface area contributed by atoms with Crippen LogP contribution < -0.4 is 20.8 Å². The number of carbonyl (C=O) groups excluding carboxylic acids is 2. The van der Waals surface area contributed by atoms with E-state index in [4.69, 9.17) is 10.5 Å². The molecule has 0 radical (unpaired) electrons.